The molecule has 0 saturated carbocycles. The van der Waals surface area contributed by atoms with Gasteiger partial charge in [-0.3, -0.25) is 0 Å². The van der Waals surface area contributed by atoms with Crippen molar-refractivity contribution in [2.75, 3.05) is 4.90 Å². The Balaban J connectivity index is 1.16. The molecule has 0 radical (unpaired) electrons. The van der Waals surface area contributed by atoms with Crippen molar-refractivity contribution in [3.8, 4) is 22.6 Å². The van der Waals surface area contributed by atoms with E-state index in [4.69, 9.17) is 13.8 Å². The van der Waals surface area contributed by atoms with Gasteiger partial charge in [-0.15, -0.1) is 0 Å². The molecule has 0 bridgehead atoms. The van der Waals surface area contributed by atoms with Crippen LogP contribution in [0.5, 0.6) is 0 Å². The maximum absolute atomic E-state index is 6.64. The van der Waals surface area contributed by atoms with Crippen molar-refractivity contribution < 1.29 is 8.83 Å². The maximum Gasteiger partial charge on any atom is 0.227 e. The zero-order valence-electron chi connectivity index (χ0n) is 24.2. The van der Waals surface area contributed by atoms with Crippen molar-refractivity contribution in [2.45, 2.75) is 0 Å². The number of anilines is 3. The molecule has 4 nitrogen and oxygen atoms in total. The molecule has 7 aromatic carbocycles. The van der Waals surface area contributed by atoms with E-state index in [0.717, 1.165) is 50.1 Å². The summed E-state index contributed by atoms with van der Waals surface area (Å²) in [4.78, 5) is 7.06. The number of benzene rings is 7. The standard InChI is InChI=1S/C41H26N2O2/c1-3-11-29(12-4-1)41-42-36-25-35-34-16-9-17-37(40(34)44-38(35)26-39(36)45-41)43(32-14-5-2-6-15-32)33-22-20-28(21-23-33)31-19-18-27-10-7-8-13-30(27)24-31/h1-26H. The van der Waals surface area contributed by atoms with E-state index in [1.807, 2.05) is 42.5 Å². The largest absolute Gasteiger partial charge is 0.454 e. The smallest absolute Gasteiger partial charge is 0.227 e. The van der Waals surface area contributed by atoms with Crippen LogP contribution in [0.3, 0.4) is 0 Å². The number of rotatable bonds is 5. The quantitative estimate of drug-likeness (QED) is 0.204. The van der Waals surface area contributed by atoms with Gasteiger partial charge in [0.05, 0.1) is 5.69 Å². The van der Waals surface area contributed by atoms with Crippen molar-refractivity contribution in [3.63, 3.8) is 0 Å². The fraction of sp³-hybridized carbons (Fsp3) is 0. The van der Waals surface area contributed by atoms with Crippen molar-refractivity contribution in [2.24, 2.45) is 0 Å². The molecule has 0 amide bonds. The molecule has 0 aliphatic heterocycles. The molecule has 0 saturated heterocycles. The number of nitrogens with zero attached hydrogens (tertiary/aromatic N) is 2. The van der Waals surface area contributed by atoms with Gasteiger partial charge >= 0.3 is 0 Å². The molecule has 0 N–H and O–H groups in total. The average Bonchev–Trinajstić information content (AvgIpc) is 3.69. The summed E-state index contributed by atoms with van der Waals surface area (Å²) in [7, 11) is 0. The van der Waals surface area contributed by atoms with Gasteiger partial charge in [0.25, 0.3) is 0 Å². The first-order valence-corrected chi connectivity index (χ1v) is 15.0. The number of hydrogen-bond donors (Lipinski definition) is 0. The Kier molecular flexibility index (Phi) is 5.78. The maximum atomic E-state index is 6.64. The predicted molar refractivity (Wildman–Crippen MR) is 184 cm³/mol. The van der Waals surface area contributed by atoms with E-state index in [1.165, 1.54) is 21.9 Å². The zero-order valence-corrected chi connectivity index (χ0v) is 24.2. The van der Waals surface area contributed by atoms with Crippen LogP contribution < -0.4 is 4.90 Å². The summed E-state index contributed by atoms with van der Waals surface area (Å²) >= 11 is 0. The molecule has 0 atom stereocenters. The van der Waals surface area contributed by atoms with E-state index in [2.05, 4.69) is 120 Å². The van der Waals surface area contributed by atoms with Gasteiger partial charge in [-0.2, -0.15) is 0 Å². The Morgan fingerprint density at radius 3 is 1.98 bits per heavy atom. The summed E-state index contributed by atoms with van der Waals surface area (Å²) in [6, 6.07) is 54.6. The van der Waals surface area contributed by atoms with Crippen LogP contribution in [0.25, 0.3) is 66.4 Å². The first-order valence-electron chi connectivity index (χ1n) is 15.0. The first kappa shape index (κ1) is 25.4. The summed E-state index contributed by atoms with van der Waals surface area (Å²) in [5.41, 5.74) is 9.44. The van der Waals surface area contributed by atoms with E-state index >= 15 is 0 Å². The minimum Gasteiger partial charge on any atom is -0.454 e. The lowest BCUT2D eigenvalue weighted by Gasteiger charge is -2.25. The number of oxazole rings is 1. The fourth-order valence-electron chi connectivity index (χ4n) is 6.26. The normalized spacial score (nSPS) is 11.6. The highest BCUT2D eigenvalue weighted by atomic mass is 16.4. The molecule has 212 valence electrons. The summed E-state index contributed by atoms with van der Waals surface area (Å²) in [5, 5.41) is 4.52. The van der Waals surface area contributed by atoms with Crippen molar-refractivity contribution >= 4 is 60.9 Å². The molecule has 2 heterocycles. The lowest BCUT2D eigenvalue weighted by molar-refractivity contribution is 0.617. The molecule has 45 heavy (non-hydrogen) atoms. The number of aromatic nitrogens is 1. The van der Waals surface area contributed by atoms with Crippen LogP contribution in [0.2, 0.25) is 0 Å². The summed E-state index contributed by atoms with van der Waals surface area (Å²) in [5.74, 6) is 0.602. The van der Waals surface area contributed by atoms with Crippen LogP contribution in [0, 0.1) is 0 Å². The monoisotopic (exact) mass is 578 g/mol. The van der Waals surface area contributed by atoms with Crippen molar-refractivity contribution in [1.29, 1.82) is 0 Å². The van der Waals surface area contributed by atoms with Crippen molar-refractivity contribution in [3.05, 3.63) is 158 Å². The molecular formula is C41H26N2O2. The van der Waals surface area contributed by atoms with Crippen LogP contribution in [0.15, 0.2) is 167 Å². The predicted octanol–water partition coefficient (Wildman–Crippen LogP) is 11.7. The van der Waals surface area contributed by atoms with Crippen LogP contribution in [-0.4, -0.2) is 4.98 Å². The lowest BCUT2D eigenvalue weighted by atomic mass is 10.0. The molecule has 0 spiro atoms. The number of fused-ring (bicyclic) bond motifs is 5. The molecule has 0 unspecified atom stereocenters. The van der Waals surface area contributed by atoms with Crippen LogP contribution >= 0.6 is 0 Å². The molecule has 0 aliphatic carbocycles. The van der Waals surface area contributed by atoms with Crippen molar-refractivity contribution in [1.82, 2.24) is 4.98 Å². The Bertz CT molecular complexity index is 2480. The van der Waals surface area contributed by atoms with Gasteiger partial charge in [-0.05, 0) is 76.5 Å². The fourth-order valence-corrected chi connectivity index (χ4v) is 6.26. The van der Waals surface area contributed by atoms with Crippen LogP contribution in [0.4, 0.5) is 17.1 Å². The first-order chi connectivity index (χ1) is 22.3. The molecule has 9 rings (SSSR count). The second kappa shape index (κ2) is 10.2. The Labute approximate surface area is 259 Å². The van der Waals surface area contributed by atoms with E-state index in [-0.39, 0.29) is 0 Å². The van der Waals surface area contributed by atoms with Gasteiger partial charge < -0.3 is 13.7 Å². The number of para-hydroxylation sites is 2. The average molecular weight is 579 g/mol. The number of furan rings is 1. The molecule has 9 aromatic rings. The van der Waals surface area contributed by atoms with E-state index in [1.54, 1.807) is 0 Å². The summed E-state index contributed by atoms with van der Waals surface area (Å²) < 4.78 is 12.8. The Hall–Kier alpha value is -6.13. The topological polar surface area (TPSA) is 42.4 Å². The molecule has 0 aliphatic rings. The zero-order chi connectivity index (χ0) is 29.7. The van der Waals surface area contributed by atoms with Gasteiger partial charge in [0.1, 0.15) is 11.1 Å². The van der Waals surface area contributed by atoms with Gasteiger partial charge in [-0.25, -0.2) is 4.98 Å². The molecule has 4 heteroatoms. The molecule has 2 aromatic heterocycles. The molecule has 0 fully saturated rings. The van der Waals surface area contributed by atoms with E-state index in [9.17, 15) is 0 Å². The summed E-state index contributed by atoms with van der Waals surface area (Å²) in [6.07, 6.45) is 0. The van der Waals surface area contributed by atoms with Crippen LogP contribution in [-0.2, 0) is 0 Å². The van der Waals surface area contributed by atoms with E-state index < -0.39 is 0 Å². The van der Waals surface area contributed by atoms with Gasteiger partial charge in [-0.1, -0.05) is 97.1 Å². The summed E-state index contributed by atoms with van der Waals surface area (Å²) in [6.45, 7) is 0. The Morgan fingerprint density at radius 1 is 0.444 bits per heavy atom. The van der Waals surface area contributed by atoms with Crippen LogP contribution in [0.1, 0.15) is 0 Å². The Morgan fingerprint density at radius 2 is 1.16 bits per heavy atom. The van der Waals surface area contributed by atoms with Gasteiger partial charge in [0.15, 0.2) is 11.2 Å². The third-order valence-electron chi connectivity index (χ3n) is 8.47. The molecular weight excluding hydrogens is 552 g/mol. The van der Waals surface area contributed by atoms with E-state index in [0.29, 0.717) is 11.5 Å². The minimum atomic E-state index is 0.602. The third-order valence-corrected chi connectivity index (χ3v) is 8.47. The second-order valence-electron chi connectivity index (χ2n) is 11.2. The van der Waals surface area contributed by atoms with Gasteiger partial charge in [0, 0.05) is 33.8 Å². The highest BCUT2D eigenvalue weighted by molar-refractivity contribution is 6.13. The minimum absolute atomic E-state index is 0.602. The highest BCUT2D eigenvalue weighted by Gasteiger charge is 2.20. The lowest BCUT2D eigenvalue weighted by Crippen LogP contribution is -2.10. The highest BCUT2D eigenvalue weighted by Crippen LogP contribution is 2.43. The third kappa shape index (κ3) is 4.35. The SMILES string of the molecule is c1ccc(-c2nc3cc4c(cc3o2)oc2c(N(c3ccccc3)c3ccc(-c5ccc6ccccc6c5)cc3)cccc24)cc1. The number of hydrogen-bond acceptors (Lipinski definition) is 4. The van der Waals surface area contributed by atoms with Gasteiger partial charge in [0.2, 0.25) is 5.89 Å². The second-order valence-corrected chi connectivity index (χ2v) is 11.2.